The molecule has 1 heterocycles. The van der Waals surface area contributed by atoms with Gasteiger partial charge in [0.25, 0.3) is 5.91 Å². The van der Waals surface area contributed by atoms with Crippen molar-refractivity contribution in [3.63, 3.8) is 0 Å². The van der Waals surface area contributed by atoms with E-state index in [1.165, 1.54) is 17.9 Å². The zero-order valence-electron chi connectivity index (χ0n) is 14.2. The minimum atomic E-state index is -0.861. The maximum absolute atomic E-state index is 12.2. The Morgan fingerprint density at radius 1 is 1.21 bits per heavy atom. The molecule has 0 bridgehead atoms. The van der Waals surface area contributed by atoms with Crippen LogP contribution >= 0.6 is 0 Å². The topological polar surface area (TPSA) is 68.5 Å². The number of carbonyl (C=O) groups is 2. The van der Waals surface area contributed by atoms with Gasteiger partial charge in [0.15, 0.2) is 6.10 Å². The summed E-state index contributed by atoms with van der Waals surface area (Å²) in [5.74, 6) is -0.158. The third-order valence-electron chi connectivity index (χ3n) is 4.02. The van der Waals surface area contributed by atoms with Crippen molar-refractivity contribution in [1.29, 1.82) is 0 Å². The van der Waals surface area contributed by atoms with E-state index < -0.39 is 12.1 Å². The summed E-state index contributed by atoms with van der Waals surface area (Å²) in [6.45, 7) is 5.82. The van der Waals surface area contributed by atoms with Crippen LogP contribution in [0.25, 0.3) is 0 Å². The summed E-state index contributed by atoms with van der Waals surface area (Å²) in [5, 5.41) is 2.86. The van der Waals surface area contributed by atoms with Crippen LogP contribution in [0.4, 0.5) is 0 Å². The maximum atomic E-state index is 12.2. The third kappa shape index (κ3) is 4.47. The SMILES string of the molecule is CC[C@H](CNC(=O)[C@@H](C)OC(=O)c1ccoc1C)c1ccccc1. The predicted octanol–water partition coefficient (Wildman–Crippen LogP) is 3.44. The van der Waals surface area contributed by atoms with Crippen molar-refractivity contribution >= 4 is 11.9 Å². The largest absolute Gasteiger partial charge is 0.469 e. The first-order chi connectivity index (χ1) is 11.5. The van der Waals surface area contributed by atoms with Gasteiger partial charge >= 0.3 is 5.97 Å². The number of rotatable bonds is 7. The lowest BCUT2D eigenvalue weighted by Crippen LogP contribution is -2.38. The van der Waals surface area contributed by atoms with Gasteiger partial charge in [0.2, 0.25) is 0 Å². The second-order valence-corrected chi connectivity index (χ2v) is 5.70. The van der Waals surface area contributed by atoms with Crippen LogP contribution in [0.2, 0.25) is 0 Å². The van der Waals surface area contributed by atoms with Crippen molar-refractivity contribution in [2.75, 3.05) is 6.54 Å². The molecule has 1 amide bonds. The fourth-order valence-corrected chi connectivity index (χ4v) is 2.46. The molecule has 2 rings (SSSR count). The van der Waals surface area contributed by atoms with Gasteiger partial charge in [-0.3, -0.25) is 4.79 Å². The first-order valence-electron chi connectivity index (χ1n) is 8.10. The Kier molecular flexibility index (Phi) is 6.18. The average molecular weight is 329 g/mol. The molecule has 2 atom stereocenters. The molecule has 2 aromatic rings. The Morgan fingerprint density at radius 2 is 1.92 bits per heavy atom. The second-order valence-electron chi connectivity index (χ2n) is 5.70. The van der Waals surface area contributed by atoms with Crippen molar-refractivity contribution < 1.29 is 18.7 Å². The van der Waals surface area contributed by atoms with Crippen molar-refractivity contribution in [3.05, 3.63) is 59.5 Å². The molecule has 0 unspecified atom stereocenters. The number of aryl methyl sites for hydroxylation is 1. The zero-order valence-corrected chi connectivity index (χ0v) is 14.2. The molecule has 1 aromatic carbocycles. The summed E-state index contributed by atoms with van der Waals surface area (Å²) in [7, 11) is 0. The Labute approximate surface area is 142 Å². The maximum Gasteiger partial charge on any atom is 0.342 e. The molecule has 0 radical (unpaired) electrons. The van der Waals surface area contributed by atoms with Crippen LogP contribution in [0.5, 0.6) is 0 Å². The molecule has 5 nitrogen and oxygen atoms in total. The highest BCUT2D eigenvalue weighted by atomic mass is 16.5. The summed E-state index contributed by atoms with van der Waals surface area (Å²) >= 11 is 0. The van der Waals surface area contributed by atoms with Gasteiger partial charge in [-0.25, -0.2) is 4.79 Å². The molecule has 0 fully saturated rings. The van der Waals surface area contributed by atoms with Gasteiger partial charge in [-0.15, -0.1) is 0 Å². The molecular weight excluding hydrogens is 306 g/mol. The quantitative estimate of drug-likeness (QED) is 0.790. The fraction of sp³-hybridized carbons (Fsp3) is 0.368. The van der Waals surface area contributed by atoms with Crippen LogP contribution in [-0.2, 0) is 9.53 Å². The minimum Gasteiger partial charge on any atom is -0.469 e. The number of hydrogen-bond acceptors (Lipinski definition) is 4. The summed E-state index contributed by atoms with van der Waals surface area (Å²) < 4.78 is 10.3. The highest BCUT2D eigenvalue weighted by molar-refractivity contribution is 5.92. The molecule has 128 valence electrons. The molecule has 0 saturated heterocycles. The van der Waals surface area contributed by atoms with Crippen LogP contribution in [0.1, 0.15) is 47.9 Å². The molecule has 0 aliphatic heterocycles. The van der Waals surface area contributed by atoms with Gasteiger partial charge in [0, 0.05) is 12.5 Å². The van der Waals surface area contributed by atoms with Gasteiger partial charge < -0.3 is 14.5 Å². The number of esters is 1. The van der Waals surface area contributed by atoms with Crippen LogP contribution in [0, 0.1) is 6.92 Å². The lowest BCUT2D eigenvalue weighted by atomic mass is 9.96. The van der Waals surface area contributed by atoms with Gasteiger partial charge in [-0.05, 0) is 31.9 Å². The molecular formula is C19H23NO4. The number of ether oxygens (including phenoxy) is 1. The van der Waals surface area contributed by atoms with Crippen molar-refractivity contribution in [3.8, 4) is 0 Å². The number of furan rings is 1. The smallest absolute Gasteiger partial charge is 0.342 e. The number of hydrogen-bond donors (Lipinski definition) is 1. The molecule has 0 aliphatic rings. The first kappa shape index (κ1) is 17.8. The van der Waals surface area contributed by atoms with Gasteiger partial charge in [-0.1, -0.05) is 37.3 Å². The Hall–Kier alpha value is -2.56. The summed E-state index contributed by atoms with van der Waals surface area (Å²) in [5.41, 5.74) is 1.52. The van der Waals surface area contributed by atoms with E-state index in [0.29, 0.717) is 17.9 Å². The van der Waals surface area contributed by atoms with Crippen molar-refractivity contribution in [1.82, 2.24) is 5.32 Å². The molecule has 24 heavy (non-hydrogen) atoms. The normalized spacial score (nSPS) is 13.1. The Morgan fingerprint density at radius 3 is 2.50 bits per heavy atom. The molecule has 1 aromatic heterocycles. The standard InChI is InChI=1S/C19H23NO4/c1-4-15(16-8-6-5-7-9-16)12-20-18(21)14(3)24-19(22)17-10-11-23-13(17)2/h5-11,14-15H,4,12H2,1-3H3,(H,20,21)/t14-,15-/m1/s1. The van der Waals surface area contributed by atoms with E-state index >= 15 is 0 Å². The third-order valence-corrected chi connectivity index (χ3v) is 4.02. The lowest BCUT2D eigenvalue weighted by molar-refractivity contribution is -0.129. The molecule has 0 spiro atoms. The van der Waals surface area contributed by atoms with Crippen LogP contribution in [-0.4, -0.2) is 24.5 Å². The van der Waals surface area contributed by atoms with Crippen molar-refractivity contribution in [2.24, 2.45) is 0 Å². The molecule has 5 heteroatoms. The molecule has 0 saturated carbocycles. The lowest BCUT2D eigenvalue weighted by Gasteiger charge is -2.18. The van der Waals surface area contributed by atoms with E-state index in [0.717, 1.165) is 6.42 Å². The van der Waals surface area contributed by atoms with Gasteiger partial charge in [0.1, 0.15) is 11.3 Å². The minimum absolute atomic E-state index is 0.231. The number of carbonyl (C=O) groups excluding carboxylic acids is 2. The Bertz CT molecular complexity index is 678. The highest BCUT2D eigenvalue weighted by Crippen LogP contribution is 2.18. The van der Waals surface area contributed by atoms with Crippen LogP contribution in [0.15, 0.2) is 47.1 Å². The molecule has 0 aliphatic carbocycles. The predicted molar refractivity (Wildman–Crippen MR) is 90.8 cm³/mol. The number of benzene rings is 1. The van der Waals surface area contributed by atoms with E-state index in [-0.39, 0.29) is 11.8 Å². The summed E-state index contributed by atoms with van der Waals surface area (Å²) in [4.78, 5) is 24.2. The average Bonchev–Trinajstić information content (AvgIpc) is 3.02. The summed E-state index contributed by atoms with van der Waals surface area (Å²) in [6, 6.07) is 11.6. The first-order valence-corrected chi connectivity index (χ1v) is 8.10. The Balaban J connectivity index is 1.87. The van der Waals surface area contributed by atoms with Crippen LogP contribution in [0.3, 0.4) is 0 Å². The van der Waals surface area contributed by atoms with E-state index in [9.17, 15) is 9.59 Å². The number of nitrogens with one attached hydrogen (secondary N) is 1. The monoisotopic (exact) mass is 329 g/mol. The molecule has 1 N–H and O–H groups in total. The number of amides is 1. The zero-order chi connectivity index (χ0) is 17.5. The van der Waals surface area contributed by atoms with E-state index in [1.54, 1.807) is 13.8 Å². The highest BCUT2D eigenvalue weighted by Gasteiger charge is 2.21. The summed E-state index contributed by atoms with van der Waals surface area (Å²) in [6.07, 6.45) is 1.47. The van der Waals surface area contributed by atoms with Gasteiger partial charge in [-0.2, -0.15) is 0 Å². The van der Waals surface area contributed by atoms with Crippen LogP contribution < -0.4 is 5.32 Å². The van der Waals surface area contributed by atoms with E-state index in [4.69, 9.17) is 9.15 Å². The van der Waals surface area contributed by atoms with Crippen molar-refractivity contribution in [2.45, 2.75) is 39.2 Å². The van der Waals surface area contributed by atoms with Gasteiger partial charge in [0.05, 0.1) is 6.26 Å². The fourth-order valence-electron chi connectivity index (χ4n) is 2.46. The van der Waals surface area contributed by atoms with E-state index in [1.807, 2.05) is 30.3 Å². The van der Waals surface area contributed by atoms with E-state index in [2.05, 4.69) is 12.2 Å². The second kappa shape index (κ2) is 8.34.